The zero-order chi connectivity index (χ0) is 14.2. The van der Waals surface area contributed by atoms with E-state index in [9.17, 15) is 14.2 Å². The Bertz CT molecular complexity index is 317. The van der Waals surface area contributed by atoms with Crippen molar-refractivity contribution in [3.8, 4) is 0 Å². The van der Waals surface area contributed by atoms with E-state index in [4.69, 9.17) is 13.8 Å². The van der Waals surface area contributed by atoms with Crippen LogP contribution in [0, 0.1) is 0 Å². The average molecular weight is 280 g/mol. The maximum atomic E-state index is 12.5. The minimum atomic E-state index is -3.81. The highest BCUT2D eigenvalue weighted by Gasteiger charge is 2.46. The van der Waals surface area contributed by atoms with Gasteiger partial charge in [0.25, 0.3) is 0 Å². The van der Waals surface area contributed by atoms with Crippen molar-refractivity contribution < 1.29 is 27.9 Å². The fourth-order valence-electron chi connectivity index (χ4n) is 1.40. The second kappa shape index (κ2) is 8.40. The first-order valence-electron chi connectivity index (χ1n) is 6.04. The standard InChI is InChI=1S/C11H21O6P/c1-5-9(12)10(11(13)15-6-2)18(14,16-7-3)17-8-4/h10H,5-8H2,1-4H3. The molecular formula is C11H21O6P. The van der Waals surface area contributed by atoms with Gasteiger partial charge in [0.2, 0.25) is 5.66 Å². The van der Waals surface area contributed by atoms with E-state index in [0.29, 0.717) is 0 Å². The SMILES string of the molecule is CCOC(=O)C(C(=O)CC)P(=O)(OCC)OCC. The van der Waals surface area contributed by atoms with Crippen molar-refractivity contribution in [2.45, 2.75) is 39.8 Å². The second-order valence-corrected chi connectivity index (χ2v) is 5.46. The van der Waals surface area contributed by atoms with Gasteiger partial charge in [0.1, 0.15) is 0 Å². The van der Waals surface area contributed by atoms with Gasteiger partial charge in [0, 0.05) is 6.42 Å². The van der Waals surface area contributed by atoms with E-state index in [2.05, 4.69) is 0 Å². The van der Waals surface area contributed by atoms with Gasteiger partial charge in [-0.1, -0.05) is 6.92 Å². The minimum Gasteiger partial charge on any atom is -0.465 e. The summed E-state index contributed by atoms with van der Waals surface area (Å²) in [6.45, 7) is 6.70. The number of ether oxygens (including phenoxy) is 1. The number of rotatable bonds is 9. The normalized spacial score (nSPS) is 13.1. The Morgan fingerprint density at radius 2 is 1.50 bits per heavy atom. The third-order valence-electron chi connectivity index (χ3n) is 2.10. The Morgan fingerprint density at radius 1 is 1.00 bits per heavy atom. The molecule has 1 unspecified atom stereocenters. The van der Waals surface area contributed by atoms with E-state index in [1.165, 1.54) is 0 Å². The fourth-order valence-corrected chi connectivity index (χ4v) is 3.36. The maximum Gasteiger partial charge on any atom is 0.352 e. The summed E-state index contributed by atoms with van der Waals surface area (Å²) < 4.78 is 27.3. The van der Waals surface area contributed by atoms with Gasteiger partial charge < -0.3 is 13.8 Å². The second-order valence-electron chi connectivity index (χ2n) is 3.35. The zero-order valence-corrected chi connectivity index (χ0v) is 12.2. The fraction of sp³-hybridized carbons (Fsp3) is 0.818. The van der Waals surface area contributed by atoms with Crippen LogP contribution in [-0.4, -0.2) is 37.2 Å². The van der Waals surface area contributed by atoms with E-state index in [-0.39, 0.29) is 26.2 Å². The molecule has 0 amide bonds. The third-order valence-corrected chi connectivity index (χ3v) is 4.47. The molecule has 0 aliphatic heterocycles. The molecule has 6 nitrogen and oxygen atoms in total. The molecule has 0 fully saturated rings. The van der Waals surface area contributed by atoms with E-state index in [1.54, 1.807) is 27.7 Å². The van der Waals surface area contributed by atoms with Gasteiger partial charge in [-0.3, -0.25) is 14.2 Å². The lowest BCUT2D eigenvalue weighted by molar-refractivity contribution is -0.145. The Kier molecular flexibility index (Phi) is 8.07. The lowest BCUT2D eigenvalue weighted by atomic mass is 10.2. The molecule has 7 heteroatoms. The molecule has 0 aromatic rings. The number of hydrogen-bond donors (Lipinski definition) is 0. The van der Waals surface area contributed by atoms with Crippen molar-refractivity contribution in [1.29, 1.82) is 0 Å². The highest BCUT2D eigenvalue weighted by atomic mass is 31.2. The number of Topliss-reactive ketones (excluding diaryl/α,β-unsaturated/α-hetero) is 1. The molecule has 0 saturated carbocycles. The van der Waals surface area contributed by atoms with Crippen LogP contribution in [0.5, 0.6) is 0 Å². The molecule has 18 heavy (non-hydrogen) atoms. The molecule has 1 atom stereocenters. The number of ketones is 1. The van der Waals surface area contributed by atoms with E-state index >= 15 is 0 Å². The molecule has 0 rings (SSSR count). The maximum absolute atomic E-state index is 12.5. The van der Waals surface area contributed by atoms with Crippen molar-refractivity contribution in [3.05, 3.63) is 0 Å². The van der Waals surface area contributed by atoms with Crippen molar-refractivity contribution in [2.75, 3.05) is 19.8 Å². The van der Waals surface area contributed by atoms with Crippen LogP contribution < -0.4 is 0 Å². The minimum absolute atomic E-state index is 0.0631. The summed E-state index contributed by atoms with van der Waals surface area (Å²) in [5.41, 5.74) is -1.48. The number of hydrogen-bond acceptors (Lipinski definition) is 6. The summed E-state index contributed by atoms with van der Waals surface area (Å²) in [4.78, 5) is 23.6. The molecule has 0 spiro atoms. The van der Waals surface area contributed by atoms with Crippen LogP contribution in [0.3, 0.4) is 0 Å². The Hall–Kier alpha value is -0.710. The predicted octanol–water partition coefficient (Wildman–Crippen LogP) is 2.16. The van der Waals surface area contributed by atoms with Crippen LogP contribution in [0.4, 0.5) is 0 Å². The monoisotopic (exact) mass is 280 g/mol. The molecule has 106 valence electrons. The summed E-state index contributed by atoms with van der Waals surface area (Å²) in [5, 5.41) is 0. The Balaban J connectivity index is 5.29. The van der Waals surface area contributed by atoms with Gasteiger partial charge in [-0.05, 0) is 20.8 Å². The van der Waals surface area contributed by atoms with Gasteiger partial charge in [-0.25, -0.2) is 0 Å². The first kappa shape index (κ1) is 17.3. The number of carbonyl (C=O) groups is 2. The van der Waals surface area contributed by atoms with Crippen molar-refractivity contribution in [3.63, 3.8) is 0 Å². The van der Waals surface area contributed by atoms with E-state index in [1.807, 2.05) is 0 Å². The first-order valence-corrected chi connectivity index (χ1v) is 7.66. The van der Waals surface area contributed by atoms with Crippen LogP contribution in [-0.2, 0) is 27.9 Å². The van der Waals surface area contributed by atoms with Crippen molar-refractivity contribution >= 4 is 19.3 Å². The van der Waals surface area contributed by atoms with Crippen molar-refractivity contribution in [1.82, 2.24) is 0 Å². The largest absolute Gasteiger partial charge is 0.465 e. The Labute approximate surface area is 108 Å². The Morgan fingerprint density at radius 3 is 1.83 bits per heavy atom. The highest BCUT2D eigenvalue weighted by molar-refractivity contribution is 7.57. The summed E-state index contributed by atoms with van der Waals surface area (Å²) in [6.07, 6.45) is 0.0631. The summed E-state index contributed by atoms with van der Waals surface area (Å²) >= 11 is 0. The smallest absolute Gasteiger partial charge is 0.352 e. The van der Waals surface area contributed by atoms with Crippen LogP contribution in [0.2, 0.25) is 0 Å². The van der Waals surface area contributed by atoms with Crippen LogP contribution in [0.25, 0.3) is 0 Å². The van der Waals surface area contributed by atoms with Crippen molar-refractivity contribution in [2.24, 2.45) is 0 Å². The summed E-state index contributed by atoms with van der Waals surface area (Å²) in [5.74, 6) is -1.35. The quantitative estimate of drug-likeness (QED) is 0.366. The van der Waals surface area contributed by atoms with Crippen LogP contribution in [0.15, 0.2) is 0 Å². The average Bonchev–Trinajstić information content (AvgIpc) is 2.29. The molecule has 0 radical (unpaired) electrons. The zero-order valence-electron chi connectivity index (χ0n) is 11.3. The molecule has 0 aliphatic rings. The summed E-state index contributed by atoms with van der Waals surface area (Å²) in [7, 11) is -3.81. The molecule has 0 saturated heterocycles. The number of carbonyl (C=O) groups excluding carboxylic acids is 2. The lowest BCUT2D eigenvalue weighted by Gasteiger charge is -2.23. The topological polar surface area (TPSA) is 78.9 Å². The first-order chi connectivity index (χ1) is 8.46. The van der Waals surface area contributed by atoms with Crippen LogP contribution >= 0.6 is 7.60 Å². The molecule has 0 N–H and O–H groups in total. The van der Waals surface area contributed by atoms with Gasteiger partial charge in [0.05, 0.1) is 19.8 Å². The highest BCUT2D eigenvalue weighted by Crippen LogP contribution is 2.54. The van der Waals surface area contributed by atoms with E-state index < -0.39 is 25.0 Å². The predicted molar refractivity (Wildman–Crippen MR) is 66.6 cm³/mol. The third kappa shape index (κ3) is 4.52. The molecule has 0 bridgehead atoms. The van der Waals surface area contributed by atoms with Gasteiger partial charge in [-0.2, -0.15) is 0 Å². The van der Waals surface area contributed by atoms with E-state index in [0.717, 1.165) is 0 Å². The molecule has 0 heterocycles. The molecule has 0 aromatic heterocycles. The molecular weight excluding hydrogens is 259 g/mol. The van der Waals surface area contributed by atoms with Gasteiger partial charge >= 0.3 is 13.6 Å². The van der Waals surface area contributed by atoms with Gasteiger partial charge in [-0.15, -0.1) is 0 Å². The summed E-state index contributed by atoms with van der Waals surface area (Å²) in [6, 6.07) is 0. The van der Waals surface area contributed by atoms with Crippen LogP contribution in [0.1, 0.15) is 34.1 Å². The van der Waals surface area contributed by atoms with Gasteiger partial charge in [0.15, 0.2) is 5.78 Å². The number of esters is 1. The lowest BCUT2D eigenvalue weighted by Crippen LogP contribution is -2.33. The molecule has 0 aromatic carbocycles. The molecule has 0 aliphatic carbocycles.